The summed E-state index contributed by atoms with van der Waals surface area (Å²) in [4.78, 5) is 21.5. The Morgan fingerprint density at radius 3 is 2.26 bits per heavy atom. The van der Waals surface area contributed by atoms with Crippen molar-refractivity contribution in [2.75, 3.05) is 16.0 Å². The van der Waals surface area contributed by atoms with Crippen LogP contribution < -0.4 is 16.0 Å². The van der Waals surface area contributed by atoms with E-state index in [1.165, 1.54) is 17.9 Å². The van der Waals surface area contributed by atoms with Crippen molar-refractivity contribution < 1.29 is 13.7 Å². The fourth-order valence-electron chi connectivity index (χ4n) is 3.35. The van der Waals surface area contributed by atoms with Crippen LogP contribution in [-0.2, 0) is 0 Å². The van der Waals surface area contributed by atoms with Crippen LogP contribution >= 0.6 is 0 Å². The summed E-state index contributed by atoms with van der Waals surface area (Å²) < 4.78 is 10.4. The van der Waals surface area contributed by atoms with E-state index in [1.807, 2.05) is 56.3 Å². The van der Waals surface area contributed by atoms with E-state index in [2.05, 4.69) is 31.1 Å². The molecule has 0 spiro atoms. The van der Waals surface area contributed by atoms with E-state index in [0.717, 1.165) is 17.1 Å². The molecule has 3 heterocycles. The van der Waals surface area contributed by atoms with E-state index >= 15 is 0 Å². The molecule has 2 aromatic carbocycles. The topological polar surface area (TPSA) is 118 Å². The number of amides is 1. The van der Waals surface area contributed by atoms with E-state index < -0.39 is 0 Å². The van der Waals surface area contributed by atoms with Gasteiger partial charge in [-0.1, -0.05) is 22.9 Å². The van der Waals surface area contributed by atoms with Gasteiger partial charge < -0.3 is 24.9 Å². The lowest BCUT2D eigenvalue weighted by Gasteiger charge is -2.11. The monoisotopic (exact) mass is 466 g/mol. The number of rotatable bonds is 7. The molecule has 0 bridgehead atoms. The molecule has 0 unspecified atom stereocenters. The maximum atomic E-state index is 12.5. The van der Waals surface area contributed by atoms with Gasteiger partial charge in [-0.2, -0.15) is 4.98 Å². The lowest BCUT2D eigenvalue weighted by Crippen LogP contribution is -2.12. The lowest BCUT2D eigenvalue weighted by atomic mass is 10.2. The van der Waals surface area contributed by atoms with Crippen molar-refractivity contribution >= 4 is 34.7 Å². The molecule has 9 nitrogen and oxygen atoms in total. The number of hydrogen-bond donors (Lipinski definition) is 3. The van der Waals surface area contributed by atoms with E-state index in [-0.39, 0.29) is 11.6 Å². The van der Waals surface area contributed by atoms with Crippen molar-refractivity contribution in [2.45, 2.75) is 13.8 Å². The summed E-state index contributed by atoms with van der Waals surface area (Å²) in [6.07, 6.45) is 1.53. The van der Waals surface area contributed by atoms with Crippen molar-refractivity contribution in [2.24, 2.45) is 0 Å². The van der Waals surface area contributed by atoms with Crippen LogP contribution in [0.1, 0.15) is 21.7 Å². The van der Waals surface area contributed by atoms with Crippen molar-refractivity contribution in [1.82, 2.24) is 15.1 Å². The zero-order chi connectivity index (χ0) is 24.2. The van der Waals surface area contributed by atoms with Crippen LogP contribution in [0.25, 0.3) is 11.5 Å². The van der Waals surface area contributed by atoms with Gasteiger partial charge in [0.2, 0.25) is 11.7 Å². The second-order valence-corrected chi connectivity index (χ2v) is 7.92. The zero-order valence-corrected chi connectivity index (χ0v) is 19.1. The fourth-order valence-corrected chi connectivity index (χ4v) is 3.35. The SMILES string of the molecule is Cc1ccc(Nc2nc(C)cc(Nc3ccc(NC(=O)c4cc(-c5ccco5)on4)cc3)n2)cc1. The third-order valence-corrected chi connectivity index (χ3v) is 5.08. The molecule has 0 fully saturated rings. The zero-order valence-electron chi connectivity index (χ0n) is 19.1. The van der Waals surface area contributed by atoms with E-state index in [4.69, 9.17) is 8.94 Å². The average molecular weight is 467 g/mol. The molecule has 0 saturated carbocycles. The minimum Gasteiger partial charge on any atom is -0.461 e. The Morgan fingerprint density at radius 2 is 1.51 bits per heavy atom. The number of furan rings is 1. The molecule has 0 aliphatic heterocycles. The summed E-state index contributed by atoms with van der Waals surface area (Å²) in [7, 11) is 0. The molecule has 0 radical (unpaired) electrons. The van der Waals surface area contributed by atoms with Crippen LogP contribution in [-0.4, -0.2) is 21.0 Å². The Labute approximate surface area is 201 Å². The van der Waals surface area contributed by atoms with Crippen LogP contribution in [0.2, 0.25) is 0 Å². The van der Waals surface area contributed by atoms with Gasteiger partial charge in [-0.3, -0.25) is 4.79 Å². The number of aryl methyl sites for hydroxylation is 2. The Hall–Kier alpha value is -4.92. The molecule has 5 aromatic rings. The predicted molar refractivity (Wildman–Crippen MR) is 133 cm³/mol. The summed E-state index contributed by atoms with van der Waals surface area (Å²) in [5.41, 5.74) is 4.50. The average Bonchev–Trinajstić information content (AvgIpc) is 3.54. The predicted octanol–water partition coefficient (Wildman–Crippen LogP) is 6.08. The first kappa shape index (κ1) is 21.9. The van der Waals surface area contributed by atoms with E-state index in [1.54, 1.807) is 24.3 Å². The lowest BCUT2D eigenvalue weighted by molar-refractivity contribution is 0.101. The quantitative estimate of drug-likeness (QED) is 0.264. The molecule has 35 heavy (non-hydrogen) atoms. The first-order chi connectivity index (χ1) is 17.0. The third kappa shape index (κ3) is 5.36. The van der Waals surface area contributed by atoms with Gasteiger partial charge in [0.15, 0.2) is 11.5 Å². The van der Waals surface area contributed by atoms with Crippen LogP contribution in [0.5, 0.6) is 0 Å². The molecular weight excluding hydrogens is 444 g/mol. The van der Waals surface area contributed by atoms with Crippen molar-refractivity contribution in [3.8, 4) is 11.5 Å². The van der Waals surface area contributed by atoms with Crippen molar-refractivity contribution in [3.05, 3.63) is 96.0 Å². The van der Waals surface area contributed by atoms with Crippen LogP contribution in [0.3, 0.4) is 0 Å². The van der Waals surface area contributed by atoms with Gasteiger partial charge >= 0.3 is 0 Å². The minimum absolute atomic E-state index is 0.156. The van der Waals surface area contributed by atoms with E-state index in [0.29, 0.717) is 29.0 Å². The number of nitrogens with zero attached hydrogens (tertiary/aromatic N) is 3. The molecule has 1 amide bonds. The van der Waals surface area contributed by atoms with Gasteiger partial charge in [-0.25, -0.2) is 4.98 Å². The first-order valence-corrected chi connectivity index (χ1v) is 10.9. The van der Waals surface area contributed by atoms with Crippen LogP contribution in [0, 0.1) is 13.8 Å². The number of hydrogen-bond acceptors (Lipinski definition) is 8. The fraction of sp³-hybridized carbons (Fsp3) is 0.0769. The van der Waals surface area contributed by atoms with Crippen molar-refractivity contribution in [3.63, 3.8) is 0 Å². The molecule has 174 valence electrons. The summed E-state index contributed by atoms with van der Waals surface area (Å²) in [6, 6.07) is 22.1. The summed E-state index contributed by atoms with van der Waals surface area (Å²) >= 11 is 0. The molecule has 5 rings (SSSR count). The largest absolute Gasteiger partial charge is 0.461 e. The Balaban J connectivity index is 1.23. The minimum atomic E-state index is -0.384. The standard InChI is InChI=1S/C26H22N6O3/c1-16-5-7-20(8-6-16)30-26-27-17(2)14-24(31-26)28-18-9-11-19(12-10-18)29-25(33)21-15-23(35-32-21)22-4-3-13-34-22/h3-15H,1-2H3,(H,29,33)(H2,27,28,30,31). The molecular formula is C26H22N6O3. The molecule has 0 atom stereocenters. The Kier molecular flexibility index (Phi) is 5.96. The highest BCUT2D eigenvalue weighted by Gasteiger charge is 2.15. The smallest absolute Gasteiger partial charge is 0.277 e. The van der Waals surface area contributed by atoms with E-state index in [9.17, 15) is 4.79 Å². The summed E-state index contributed by atoms with van der Waals surface area (Å²) in [6.45, 7) is 3.95. The molecule has 9 heteroatoms. The normalized spacial score (nSPS) is 10.7. The molecule has 3 N–H and O–H groups in total. The molecule has 0 saturated heterocycles. The Morgan fingerprint density at radius 1 is 0.800 bits per heavy atom. The summed E-state index contributed by atoms with van der Waals surface area (Å²) in [5, 5.41) is 13.1. The highest BCUT2D eigenvalue weighted by Crippen LogP contribution is 2.23. The third-order valence-electron chi connectivity index (χ3n) is 5.08. The second kappa shape index (κ2) is 9.52. The number of anilines is 5. The van der Waals surface area contributed by atoms with Gasteiger partial charge in [0.1, 0.15) is 5.82 Å². The highest BCUT2D eigenvalue weighted by atomic mass is 16.5. The number of nitrogens with one attached hydrogen (secondary N) is 3. The number of benzene rings is 2. The second-order valence-electron chi connectivity index (χ2n) is 7.92. The number of carbonyl (C=O) groups is 1. The van der Waals surface area contributed by atoms with Crippen LogP contribution in [0.4, 0.5) is 28.8 Å². The maximum Gasteiger partial charge on any atom is 0.277 e. The number of aromatic nitrogens is 3. The van der Waals surface area contributed by atoms with Gasteiger partial charge in [-0.15, -0.1) is 0 Å². The van der Waals surface area contributed by atoms with Crippen LogP contribution in [0.15, 0.2) is 88.0 Å². The maximum absolute atomic E-state index is 12.5. The highest BCUT2D eigenvalue weighted by molar-refractivity contribution is 6.03. The van der Waals surface area contributed by atoms with Gasteiger partial charge in [0.25, 0.3) is 5.91 Å². The van der Waals surface area contributed by atoms with Gasteiger partial charge in [0, 0.05) is 34.9 Å². The molecule has 3 aromatic heterocycles. The molecule has 0 aliphatic carbocycles. The number of carbonyl (C=O) groups excluding carboxylic acids is 1. The van der Waals surface area contributed by atoms with Crippen molar-refractivity contribution in [1.29, 1.82) is 0 Å². The molecule has 0 aliphatic rings. The first-order valence-electron chi connectivity index (χ1n) is 10.9. The van der Waals surface area contributed by atoms with Gasteiger partial charge in [0.05, 0.1) is 6.26 Å². The Bertz CT molecular complexity index is 1440. The summed E-state index contributed by atoms with van der Waals surface area (Å²) in [5.74, 6) is 1.66. The van der Waals surface area contributed by atoms with Gasteiger partial charge in [-0.05, 0) is 62.4 Å².